The standard InChI is InChI=1S/C15H24N2O/c1-12-4-3-5-14(10-12)18-9-8-17-7-6-15(16)13(2)11-17/h3-5,10,13,15H,6-9,11,16H2,1-2H3. The lowest BCUT2D eigenvalue weighted by atomic mass is 9.95. The van der Waals surface area contributed by atoms with Gasteiger partial charge >= 0.3 is 0 Å². The Bertz CT molecular complexity index is 381. The summed E-state index contributed by atoms with van der Waals surface area (Å²) >= 11 is 0. The average molecular weight is 248 g/mol. The molecule has 0 spiro atoms. The normalized spacial score (nSPS) is 25.1. The van der Waals surface area contributed by atoms with Gasteiger partial charge < -0.3 is 10.5 Å². The van der Waals surface area contributed by atoms with Crippen LogP contribution in [0.4, 0.5) is 0 Å². The lowest BCUT2D eigenvalue weighted by molar-refractivity contribution is 0.140. The molecule has 0 saturated carbocycles. The van der Waals surface area contributed by atoms with Crippen LogP contribution in [0.5, 0.6) is 5.75 Å². The van der Waals surface area contributed by atoms with Crippen molar-refractivity contribution < 1.29 is 4.74 Å². The summed E-state index contributed by atoms with van der Waals surface area (Å²) in [5, 5.41) is 0. The van der Waals surface area contributed by atoms with Crippen molar-refractivity contribution in [2.75, 3.05) is 26.2 Å². The fourth-order valence-corrected chi connectivity index (χ4v) is 2.45. The maximum atomic E-state index is 6.02. The molecule has 3 nitrogen and oxygen atoms in total. The summed E-state index contributed by atoms with van der Waals surface area (Å²) in [5.74, 6) is 1.56. The molecule has 18 heavy (non-hydrogen) atoms. The number of benzene rings is 1. The Kier molecular flexibility index (Phi) is 4.61. The summed E-state index contributed by atoms with van der Waals surface area (Å²) in [6, 6.07) is 8.59. The number of nitrogens with two attached hydrogens (primary N) is 1. The Morgan fingerprint density at radius 3 is 3.00 bits per heavy atom. The molecule has 1 fully saturated rings. The third kappa shape index (κ3) is 3.72. The van der Waals surface area contributed by atoms with E-state index in [1.165, 1.54) is 5.56 Å². The first-order chi connectivity index (χ1) is 8.65. The Labute approximate surface area is 110 Å². The molecule has 1 aliphatic heterocycles. The van der Waals surface area contributed by atoms with Crippen molar-refractivity contribution in [2.24, 2.45) is 11.7 Å². The Morgan fingerprint density at radius 2 is 2.28 bits per heavy atom. The van der Waals surface area contributed by atoms with Gasteiger partial charge in [0.2, 0.25) is 0 Å². The molecule has 1 aromatic rings. The summed E-state index contributed by atoms with van der Waals surface area (Å²) in [6.45, 7) is 8.26. The van der Waals surface area contributed by atoms with Crippen molar-refractivity contribution >= 4 is 0 Å². The van der Waals surface area contributed by atoms with Crippen molar-refractivity contribution in [3.05, 3.63) is 29.8 Å². The molecule has 0 aliphatic carbocycles. The van der Waals surface area contributed by atoms with Gasteiger partial charge in [0.25, 0.3) is 0 Å². The van der Waals surface area contributed by atoms with Crippen molar-refractivity contribution in [3.8, 4) is 5.75 Å². The van der Waals surface area contributed by atoms with E-state index in [2.05, 4.69) is 30.9 Å². The second-order valence-corrected chi connectivity index (χ2v) is 5.40. The minimum Gasteiger partial charge on any atom is -0.492 e. The van der Waals surface area contributed by atoms with Crippen LogP contribution < -0.4 is 10.5 Å². The predicted octanol–water partition coefficient (Wildman–Crippen LogP) is 2.04. The zero-order chi connectivity index (χ0) is 13.0. The first-order valence-corrected chi connectivity index (χ1v) is 6.82. The summed E-state index contributed by atoms with van der Waals surface area (Å²) in [4.78, 5) is 2.45. The second kappa shape index (κ2) is 6.21. The molecule has 0 radical (unpaired) electrons. The Hall–Kier alpha value is -1.06. The third-order valence-electron chi connectivity index (χ3n) is 3.72. The molecule has 0 amide bonds. The van der Waals surface area contributed by atoms with Gasteiger partial charge in [-0.05, 0) is 43.5 Å². The average Bonchev–Trinajstić information content (AvgIpc) is 2.34. The van der Waals surface area contributed by atoms with Crippen LogP contribution in [-0.4, -0.2) is 37.2 Å². The molecule has 2 unspecified atom stereocenters. The highest BCUT2D eigenvalue weighted by Crippen LogP contribution is 2.15. The molecule has 0 aromatic heterocycles. The van der Waals surface area contributed by atoms with Crippen LogP contribution in [0, 0.1) is 12.8 Å². The van der Waals surface area contributed by atoms with E-state index in [1.807, 2.05) is 12.1 Å². The minimum absolute atomic E-state index is 0.374. The number of likely N-dealkylation sites (tertiary alicyclic amines) is 1. The number of aryl methyl sites for hydroxylation is 1. The van der Waals surface area contributed by atoms with E-state index in [4.69, 9.17) is 10.5 Å². The van der Waals surface area contributed by atoms with Gasteiger partial charge in [-0.15, -0.1) is 0 Å². The highest BCUT2D eigenvalue weighted by atomic mass is 16.5. The molecule has 1 aromatic carbocycles. The zero-order valence-electron chi connectivity index (χ0n) is 11.4. The summed E-state index contributed by atoms with van der Waals surface area (Å²) in [7, 11) is 0. The number of hydrogen-bond donors (Lipinski definition) is 1. The molecule has 100 valence electrons. The summed E-state index contributed by atoms with van der Waals surface area (Å²) < 4.78 is 5.78. The van der Waals surface area contributed by atoms with Gasteiger partial charge in [0.15, 0.2) is 0 Å². The highest BCUT2D eigenvalue weighted by molar-refractivity contribution is 5.27. The zero-order valence-corrected chi connectivity index (χ0v) is 11.4. The molecular formula is C15H24N2O. The van der Waals surface area contributed by atoms with Crippen LogP contribution in [0.2, 0.25) is 0 Å². The lowest BCUT2D eigenvalue weighted by Gasteiger charge is -2.34. The fourth-order valence-electron chi connectivity index (χ4n) is 2.45. The number of piperidine rings is 1. The maximum Gasteiger partial charge on any atom is 0.119 e. The van der Waals surface area contributed by atoms with E-state index in [0.29, 0.717) is 12.0 Å². The minimum atomic E-state index is 0.374. The molecule has 1 aliphatic rings. The Balaban J connectivity index is 1.72. The number of nitrogens with zero attached hydrogens (tertiary/aromatic N) is 1. The molecule has 3 heteroatoms. The van der Waals surface area contributed by atoms with Crippen LogP contribution in [0.3, 0.4) is 0 Å². The quantitative estimate of drug-likeness (QED) is 0.886. The lowest BCUT2D eigenvalue weighted by Crippen LogP contribution is -2.46. The van der Waals surface area contributed by atoms with Crippen LogP contribution in [-0.2, 0) is 0 Å². The molecule has 2 rings (SSSR count). The van der Waals surface area contributed by atoms with Crippen molar-refractivity contribution in [2.45, 2.75) is 26.3 Å². The van der Waals surface area contributed by atoms with E-state index in [9.17, 15) is 0 Å². The van der Waals surface area contributed by atoms with E-state index >= 15 is 0 Å². The van der Waals surface area contributed by atoms with E-state index < -0.39 is 0 Å². The second-order valence-electron chi connectivity index (χ2n) is 5.40. The predicted molar refractivity (Wildman–Crippen MR) is 74.9 cm³/mol. The molecule has 1 saturated heterocycles. The number of rotatable bonds is 4. The summed E-state index contributed by atoms with van der Waals surface area (Å²) in [6.07, 6.45) is 1.10. The van der Waals surface area contributed by atoms with Crippen LogP contribution in [0.25, 0.3) is 0 Å². The van der Waals surface area contributed by atoms with Crippen molar-refractivity contribution in [1.29, 1.82) is 0 Å². The van der Waals surface area contributed by atoms with Gasteiger partial charge in [0.05, 0.1) is 0 Å². The Morgan fingerprint density at radius 1 is 1.44 bits per heavy atom. The number of hydrogen-bond acceptors (Lipinski definition) is 3. The van der Waals surface area contributed by atoms with Crippen LogP contribution >= 0.6 is 0 Å². The first kappa shape index (κ1) is 13.4. The van der Waals surface area contributed by atoms with Crippen molar-refractivity contribution in [3.63, 3.8) is 0 Å². The van der Waals surface area contributed by atoms with Gasteiger partial charge in [-0.25, -0.2) is 0 Å². The fraction of sp³-hybridized carbons (Fsp3) is 0.600. The topological polar surface area (TPSA) is 38.5 Å². The summed E-state index contributed by atoms with van der Waals surface area (Å²) in [5.41, 5.74) is 7.26. The smallest absolute Gasteiger partial charge is 0.119 e. The molecule has 2 N–H and O–H groups in total. The van der Waals surface area contributed by atoms with Gasteiger partial charge in [0.1, 0.15) is 12.4 Å². The van der Waals surface area contributed by atoms with E-state index in [1.54, 1.807) is 0 Å². The largest absolute Gasteiger partial charge is 0.492 e. The van der Waals surface area contributed by atoms with Gasteiger partial charge in [-0.3, -0.25) is 4.90 Å². The molecule has 0 bridgehead atoms. The van der Waals surface area contributed by atoms with Crippen molar-refractivity contribution in [1.82, 2.24) is 4.90 Å². The molecule has 2 atom stereocenters. The monoisotopic (exact) mass is 248 g/mol. The molecular weight excluding hydrogens is 224 g/mol. The van der Waals surface area contributed by atoms with Gasteiger partial charge in [0, 0.05) is 19.1 Å². The SMILES string of the molecule is Cc1cccc(OCCN2CCC(N)C(C)C2)c1. The first-order valence-electron chi connectivity index (χ1n) is 6.82. The van der Waals surface area contributed by atoms with E-state index in [0.717, 1.165) is 38.4 Å². The van der Waals surface area contributed by atoms with E-state index in [-0.39, 0.29) is 0 Å². The third-order valence-corrected chi connectivity index (χ3v) is 3.72. The van der Waals surface area contributed by atoms with Gasteiger partial charge in [-0.2, -0.15) is 0 Å². The molecule has 1 heterocycles. The van der Waals surface area contributed by atoms with Crippen LogP contribution in [0.15, 0.2) is 24.3 Å². The maximum absolute atomic E-state index is 6.02. The number of ether oxygens (including phenoxy) is 1. The highest BCUT2D eigenvalue weighted by Gasteiger charge is 2.22. The van der Waals surface area contributed by atoms with Gasteiger partial charge in [-0.1, -0.05) is 19.1 Å². The van der Waals surface area contributed by atoms with Crippen LogP contribution in [0.1, 0.15) is 18.9 Å².